The molecule has 1 aliphatic rings. The number of benzene rings is 1. The quantitative estimate of drug-likeness (QED) is 0.671. The molecule has 0 amide bonds. The van der Waals surface area contributed by atoms with Gasteiger partial charge in [0.25, 0.3) is 0 Å². The summed E-state index contributed by atoms with van der Waals surface area (Å²) in [7, 11) is 4.15. The second kappa shape index (κ2) is 7.69. The van der Waals surface area contributed by atoms with Crippen LogP contribution in [0.5, 0.6) is 0 Å². The second-order valence-electron chi connectivity index (χ2n) is 8.66. The number of nitrogens with zero attached hydrogens (tertiary/aromatic N) is 2. The fourth-order valence-electron chi connectivity index (χ4n) is 3.81. The van der Waals surface area contributed by atoms with Crippen molar-refractivity contribution in [2.24, 2.45) is 0 Å². The fraction of sp³-hybridized carbons (Fsp3) is 0.700. The van der Waals surface area contributed by atoms with Crippen molar-refractivity contribution in [1.82, 2.24) is 9.80 Å². The summed E-state index contributed by atoms with van der Waals surface area (Å²) < 4.78 is 39.2. The number of piperidine rings is 1. The molecular weight excluding hydrogens is 361 g/mol. The molecule has 2 nitrogen and oxygen atoms in total. The van der Waals surface area contributed by atoms with E-state index in [1.54, 1.807) is 6.07 Å². The first kappa shape index (κ1) is 21.5. The van der Waals surface area contributed by atoms with Crippen LogP contribution in [0.2, 0.25) is 5.02 Å². The minimum Gasteiger partial charge on any atom is -0.302 e. The van der Waals surface area contributed by atoms with Gasteiger partial charge in [-0.15, -0.1) is 0 Å². The molecular formula is C20H30ClF3N2. The Morgan fingerprint density at radius 1 is 1.15 bits per heavy atom. The molecule has 1 aliphatic heterocycles. The van der Waals surface area contributed by atoms with Crippen LogP contribution >= 0.6 is 11.6 Å². The van der Waals surface area contributed by atoms with Gasteiger partial charge in [-0.2, -0.15) is 13.2 Å². The van der Waals surface area contributed by atoms with E-state index in [1.807, 2.05) is 0 Å². The highest BCUT2D eigenvalue weighted by Gasteiger charge is 2.40. The van der Waals surface area contributed by atoms with Crippen molar-refractivity contribution in [3.63, 3.8) is 0 Å². The molecule has 1 heterocycles. The first-order valence-corrected chi connectivity index (χ1v) is 9.50. The summed E-state index contributed by atoms with van der Waals surface area (Å²) in [6, 6.07) is 3.89. The number of alkyl halides is 3. The minimum atomic E-state index is -4.37. The van der Waals surface area contributed by atoms with E-state index in [0.29, 0.717) is 12.0 Å². The lowest BCUT2D eigenvalue weighted by Gasteiger charge is -2.51. The lowest BCUT2D eigenvalue weighted by molar-refractivity contribution is -0.137. The zero-order chi connectivity index (χ0) is 19.8. The largest absolute Gasteiger partial charge is 0.416 e. The van der Waals surface area contributed by atoms with E-state index in [1.165, 1.54) is 6.07 Å². The van der Waals surface area contributed by atoms with Crippen LogP contribution in [-0.4, -0.2) is 48.1 Å². The Hall–Kier alpha value is -0.780. The maximum atomic E-state index is 13.1. The topological polar surface area (TPSA) is 6.48 Å². The Morgan fingerprint density at radius 2 is 1.81 bits per heavy atom. The minimum absolute atomic E-state index is 0.0355. The number of hydrogen-bond acceptors (Lipinski definition) is 2. The Bertz CT molecular complexity index is 622. The smallest absolute Gasteiger partial charge is 0.302 e. The lowest BCUT2D eigenvalue weighted by Crippen LogP contribution is -2.60. The van der Waals surface area contributed by atoms with Gasteiger partial charge < -0.3 is 4.90 Å². The van der Waals surface area contributed by atoms with Gasteiger partial charge in [0.15, 0.2) is 0 Å². The number of halogens is 4. The number of rotatable bonds is 4. The average Bonchev–Trinajstić information content (AvgIpc) is 2.51. The van der Waals surface area contributed by atoms with E-state index in [0.717, 1.165) is 38.4 Å². The van der Waals surface area contributed by atoms with E-state index in [2.05, 4.69) is 44.7 Å². The van der Waals surface area contributed by atoms with Crippen molar-refractivity contribution in [3.05, 3.63) is 34.3 Å². The third-order valence-electron chi connectivity index (χ3n) is 5.62. The van der Waals surface area contributed by atoms with Crippen molar-refractivity contribution in [3.8, 4) is 0 Å². The van der Waals surface area contributed by atoms with Gasteiger partial charge in [0.2, 0.25) is 0 Å². The maximum absolute atomic E-state index is 13.1. The van der Waals surface area contributed by atoms with E-state index in [9.17, 15) is 13.2 Å². The summed E-state index contributed by atoms with van der Waals surface area (Å²) in [5, 5.41) is 0.147. The second-order valence-corrected chi connectivity index (χ2v) is 9.10. The average molecular weight is 391 g/mol. The number of likely N-dealkylation sites (N-methyl/N-ethyl adjacent to an activating group) is 1. The van der Waals surface area contributed by atoms with Gasteiger partial charge in [-0.3, -0.25) is 4.90 Å². The SMILES string of the molecule is CN(C)[C@]1(CCc2cc(Cl)cc(C(F)(F)F)c2)CCCN(C(C)(C)C)C1. The van der Waals surface area contributed by atoms with E-state index in [-0.39, 0.29) is 16.1 Å². The van der Waals surface area contributed by atoms with Gasteiger partial charge in [0, 0.05) is 22.6 Å². The van der Waals surface area contributed by atoms with Gasteiger partial charge in [-0.25, -0.2) is 0 Å². The summed E-state index contributed by atoms with van der Waals surface area (Å²) in [6.45, 7) is 8.63. The fourth-order valence-corrected chi connectivity index (χ4v) is 4.07. The molecule has 6 heteroatoms. The highest BCUT2D eigenvalue weighted by Crippen LogP contribution is 2.36. The zero-order valence-electron chi connectivity index (χ0n) is 16.4. The lowest BCUT2D eigenvalue weighted by atomic mass is 9.81. The van der Waals surface area contributed by atoms with E-state index >= 15 is 0 Å². The van der Waals surface area contributed by atoms with Crippen LogP contribution in [-0.2, 0) is 12.6 Å². The predicted molar refractivity (Wildman–Crippen MR) is 102 cm³/mol. The van der Waals surface area contributed by atoms with Gasteiger partial charge in [-0.1, -0.05) is 11.6 Å². The highest BCUT2D eigenvalue weighted by atomic mass is 35.5. The summed E-state index contributed by atoms with van der Waals surface area (Å²) in [6.07, 6.45) is -0.825. The van der Waals surface area contributed by atoms with Crippen molar-refractivity contribution in [1.29, 1.82) is 0 Å². The molecule has 0 aromatic heterocycles. The molecule has 1 aromatic rings. The van der Waals surface area contributed by atoms with Crippen LogP contribution in [0.3, 0.4) is 0 Å². The summed E-state index contributed by atoms with van der Waals surface area (Å²) in [5.74, 6) is 0. The summed E-state index contributed by atoms with van der Waals surface area (Å²) in [4.78, 5) is 4.73. The molecule has 26 heavy (non-hydrogen) atoms. The van der Waals surface area contributed by atoms with Crippen molar-refractivity contribution >= 4 is 11.6 Å². The summed E-state index contributed by atoms with van der Waals surface area (Å²) in [5.41, 5.74) is 0.0331. The Kier molecular flexibility index (Phi) is 6.36. The van der Waals surface area contributed by atoms with Crippen molar-refractivity contribution in [2.45, 2.75) is 63.7 Å². The molecule has 1 aromatic carbocycles. The van der Waals surface area contributed by atoms with Crippen molar-refractivity contribution in [2.75, 3.05) is 27.2 Å². The number of hydrogen-bond donors (Lipinski definition) is 0. The molecule has 0 spiro atoms. The van der Waals surface area contributed by atoms with Crippen LogP contribution < -0.4 is 0 Å². The molecule has 0 N–H and O–H groups in total. The molecule has 0 aliphatic carbocycles. The number of likely N-dealkylation sites (tertiary alicyclic amines) is 1. The third-order valence-corrected chi connectivity index (χ3v) is 5.83. The molecule has 0 unspecified atom stereocenters. The molecule has 0 bridgehead atoms. The maximum Gasteiger partial charge on any atom is 0.416 e. The van der Waals surface area contributed by atoms with Crippen LogP contribution in [0.4, 0.5) is 13.2 Å². The molecule has 2 rings (SSSR count). The third kappa shape index (κ3) is 5.14. The Labute approximate surface area is 160 Å². The van der Waals surface area contributed by atoms with Gasteiger partial charge in [0.1, 0.15) is 0 Å². The zero-order valence-corrected chi connectivity index (χ0v) is 17.1. The molecule has 0 radical (unpaired) electrons. The van der Waals surface area contributed by atoms with E-state index < -0.39 is 11.7 Å². The Morgan fingerprint density at radius 3 is 2.35 bits per heavy atom. The number of aryl methyl sites for hydroxylation is 1. The van der Waals surface area contributed by atoms with Gasteiger partial charge in [0.05, 0.1) is 5.56 Å². The van der Waals surface area contributed by atoms with Crippen LogP contribution in [0.25, 0.3) is 0 Å². The van der Waals surface area contributed by atoms with Gasteiger partial charge >= 0.3 is 6.18 Å². The molecule has 1 saturated heterocycles. The van der Waals surface area contributed by atoms with E-state index in [4.69, 9.17) is 11.6 Å². The molecule has 1 fully saturated rings. The Balaban J connectivity index is 2.20. The van der Waals surface area contributed by atoms with Gasteiger partial charge in [-0.05, 0) is 90.9 Å². The van der Waals surface area contributed by atoms with Crippen LogP contribution in [0, 0.1) is 0 Å². The molecule has 0 saturated carbocycles. The summed E-state index contributed by atoms with van der Waals surface area (Å²) >= 11 is 5.94. The highest BCUT2D eigenvalue weighted by molar-refractivity contribution is 6.30. The normalized spacial score (nSPS) is 22.8. The van der Waals surface area contributed by atoms with Crippen molar-refractivity contribution < 1.29 is 13.2 Å². The predicted octanol–water partition coefficient (Wildman–Crippen LogP) is 5.49. The first-order chi connectivity index (χ1) is 11.8. The molecule has 148 valence electrons. The van der Waals surface area contributed by atoms with Crippen LogP contribution in [0.1, 0.15) is 51.2 Å². The standard InChI is InChI=1S/C20H30ClF3N2/c1-18(2,3)26-10-6-8-19(14-26,25(4)5)9-7-15-11-16(20(22,23)24)13-17(21)12-15/h11-13H,6-10,14H2,1-5H3/t19-/m0/s1. The monoisotopic (exact) mass is 390 g/mol. The van der Waals surface area contributed by atoms with Crippen LogP contribution in [0.15, 0.2) is 18.2 Å². The first-order valence-electron chi connectivity index (χ1n) is 9.13. The molecule has 1 atom stereocenters.